The summed E-state index contributed by atoms with van der Waals surface area (Å²) in [5.41, 5.74) is 2.34. The van der Waals surface area contributed by atoms with Crippen molar-refractivity contribution in [2.45, 2.75) is 46.3 Å². The largest absolute Gasteiger partial charge is 0.466 e. The molecule has 4 heterocycles. The van der Waals surface area contributed by atoms with Crippen LogP contribution in [0.4, 0.5) is 15.0 Å². The lowest BCUT2D eigenvalue weighted by Gasteiger charge is -2.36. The highest BCUT2D eigenvalue weighted by Gasteiger charge is 2.26. The summed E-state index contributed by atoms with van der Waals surface area (Å²) in [5.74, 6) is -0.246. The van der Waals surface area contributed by atoms with Gasteiger partial charge in [0.15, 0.2) is 5.78 Å². The Hall–Kier alpha value is -4.80. The van der Waals surface area contributed by atoms with Crippen LogP contribution in [0.2, 0.25) is 0 Å². The molecule has 1 aromatic carbocycles. The zero-order chi connectivity index (χ0) is 31.4. The Bertz CT molecular complexity index is 1650. The van der Waals surface area contributed by atoms with E-state index in [1.807, 2.05) is 39.0 Å². The molecule has 1 amide bonds. The lowest BCUT2D eigenvalue weighted by molar-refractivity contribution is -0.143. The maximum atomic E-state index is 13.5. The Morgan fingerprint density at radius 2 is 1.64 bits per heavy atom. The van der Waals surface area contributed by atoms with Gasteiger partial charge < -0.3 is 23.8 Å². The first-order chi connectivity index (χ1) is 21.0. The van der Waals surface area contributed by atoms with E-state index in [4.69, 9.17) is 9.47 Å². The van der Waals surface area contributed by atoms with Crippen molar-refractivity contribution in [3.63, 3.8) is 0 Å². The molecule has 0 atom stereocenters. The smallest absolute Gasteiger partial charge is 0.410 e. The highest BCUT2D eigenvalue weighted by Crippen LogP contribution is 2.29. The summed E-state index contributed by atoms with van der Waals surface area (Å²) in [4.78, 5) is 51.1. The number of carbonyl (C=O) groups is 3. The fourth-order valence-corrected chi connectivity index (χ4v) is 5.07. The summed E-state index contributed by atoms with van der Waals surface area (Å²) >= 11 is 0. The molecule has 0 radical (unpaired) electrons. The van der Waals surface area contributed by atoms with Crippen LogP contribution in [0, 0.1) is 5.82 Å². The van der Waals surface area contributed by atoms with Gasteiger partial charge in [0.05, 0.1) is 13.0 Å². The first kappa shape index (κ1) is 30.7. The standard InChI is InChI=1S/C33H36FN5O5/c1-5-43-29(40)12-13-39-21-27(30(41)22-6-9-25(34)10-7-22)26-18-24(20-36-31(26)39)23-8-11-28(35-19-23)37-14-16-38(17-15-37)32(42)44-33(2,3)4/h6-11,18-21H,5,12-17H2,1-4H3. The molecule has 1 aliphatic heterocycles. The summed E-state index contributed by atoms with van der Waals surface area (Å²) in [6.45, 7) is 10.2. The number of aromatic nitrogens is 3. The van der Waals surface area contributed by atoms with Gasteiger partial charge in [-0.3, -0.25) is 9.59 Å². The van der Waals surface area contributed by atoms with Crippen LogP contribution in [0.3, 0.4) is 0 Å². The van der Waals surface area contributed by atoms with Crippen LogP contribution in [-0.4, -0.2) is 75.7 Å². The third kappa shape index (κ3) is 7.04. The lowest BCUT2D eigenvalue weighted by atomic mass is 10.0. The SMILES string of the molecule is CCOC(=O)CCn1cc(C(=O)c2ccc(F)cc2)c2cc(-c3ccc(N4CCN(C(=O)OC(C)(C)C)CC4)nc3)cnc21. The normalized spacial score (nSPS) is 13.7. The van der Waals surface area contributed by atoms with Gasteiger partial charge in [-0.05, 0) is 70.2 Å². The van der Waals surface area contributed by atoms with Gasteiger partial charge in [-0.25, -0.2) is 19.2 Å². The first-order valence-electron chi connectivity index (χ1n) is 14.7. The number of nitrogens with zero attached hydrogens (tertiary/aromatic N) is 5. The molecule has 0 unspecified atom stereocenters. The highest BCUT2D eigenvalue weighted by atomic mass is 19.1. The molecule has 1 aliphatic rings. The number of halogens is 1. The van der Waals surface area contributed by atoms with Crippen LogP contribution in [0.15, 0.2) is 61.1 Å². The number of piperazine rings is 1. The number of amides is 1. The predicted molar refractivity (Wildman–Crippen MR) is 164 cm³/mol. The molecule has 230 valence electrons. The van der Waals surface area contributed by atoms with Crippen LogP contribution in [0.25, 0.3) is 22.2 Å². The Labute approximate surface area is 255 Å². The highest BCUT2D eigenvalue weighted by molar-refractivity contribution is 6.16. The number of ether oxygens (including phenoxy) is 2. The molecule has 0 spiro atoms. The van der Waals surface area contributed by atoms with Crippen LogP contribution in [-0.2, 0) is 20.8 Å². The van der Waals surface area contributed by atoms with E-state index in [1.165, 1.54) is 24.3 Å². The molecule has 4 aromatic rings. The van der Waals surface area contributed by atoms with Crippen molar-refractivity contribution >= 4 is 34.7 Å². The molecule has 3 aromatic heterocycles. The number of hydrogen-bond donors (Lipinski definition) is 0. The Morgan fingerprint density at radius 3 is 2.27 bits per heavy atom. The molecule has 44 heavy (non-hydrogen) atoms. The maximum absolute atomic E-state index is 13.5. The van der Waals surface area contributed by atoms with Crippen LogP contribution in [0.1, 0.15) is 50.0 Å². The second-order valence-corrected chi connectivity index (χ2v) is 11.6. The van der Waals surface area contributed by atoms with E-state index in [1.54, 1.807) is 35.0 Å². The Kier molecular flexibility index (Phi) is 8.93. The number of esters is 1. The second-order valence-electron chi connectivity index (χ2n) is 11.6. The van der Waals surface area contributed by atoms with E-state index in [2.05, 4.69) is 14.9 Å². The molecule has 0 N–H and O–H groups in total. The van der Waals surface area contributed by atoms with Crippen molar-refractivity contribution in [2.75, 3.05) is 37.7 Å². The molecule has 5 rings (SSSR count). The average Bonchev–Trinajstić information content (AvgIpc) is 3.37. The molecular weight excluding hydrogens is 565 g/mol. The summed E-state index contributed by atoms with van der Waals surface area (Å²) in [7, 11) is 0. The molecule has 1 fully saturated rings. The minimum absolute atomic E-state index is 0.128. The van der Waals surface area contributed by atoms with Crippen molar-refractivity contribution in [3.8, 4) is 11.1 Å². The van der Waals surface area contributed by atoms with Gasteiger partial charge in [-0.1, -0.05) is 0 Å². The number of hydrogen-bond acceptors (Lipinski definition) is 8. The summed E-state index contributed by atoms with van der Waals surface area (Å²) in [6, 6.07) is 11.2. The van der Waals surface area contributed by atoms with Crippen LogP contribution >= 0.6 is 0 Å². The molecule has 0 bridgehead atoms. The second kappa shape index (κ2) is 12.8. The van der Waals surface area contributed by atoms with Crippen molar-refractivity contribution in [2.24, 2.45) is 0 Å². The quantitative estimate of drug-likeness (QED) is 0.193. The summed E-state index contributed by atoms with van der Waals surface area (Å²) in [5, 5.41) is 0.614. The van der Waals surface area contributed by atoms with Crippen LogP contribution in [0.5, 0.6) is 0 Å². The molecule has 1 saturated heterocycles. The Balaban J connectivity index is 1.37. The average molecular weight is 602 g/mol. The zero-order valence-electron chi connectivity index (χ0n) is 25.4. The molecular formula is C33H36FN5O5. The minimum atomic E-state index is -0.538. The van der Waals surface area contributed by atoms with Gasteiger partial charge in [0.2, 0.25) is 0 Å². The monoisotopic (exact) mass is 601 g/mol. The molecule has 11 heteroatoms. The van der Waals surface area contributed by atoms with Gasteiger partial charge in [-0.15, -0.1) is 0 Å². The predicted octanol–water partition coefficient (Wildman–Crippen LogP) is 5.48. The van der Waals surface area contributed by atoms with Crippen LogP contribution < -0.4 is 4.90 Å². The molecule has 0 saturated carbocycles. The van der Waals surface area contributed by atoms with Gasteiger partial charge >= 0.3 is 12.1 Å². The maximum Gasteiger partial charge on any atom is 0.410 e. The molecule has 10 nitrogen and oxygen atoms in total. The number of fused-ring (bicyclic) bond motifs is 1. The van der Waals surface area contributed by atoms with Gasteiger partial charge in [-0.2, -0.15) is 0 Å². The fraction of sp³-hybridized carbons (Fsp3) is 0.364. The zero-order valence-corrected chi connectivity index (χ0v) is 25.4. The number of anilines is 1. The number of rotatable bonds is 8. The number of carbonyl (C=O) groups excluding carboxylic acids is 3. The van der Waals surface area contributed by atoms with Gasteiger partial charge in [0, 0.05) is 79.0 Å². The minimum Gasteiger partial charge on any atom is -0.466 e. The van der Waals surface area contributed by atoms with Gasteiger partial charge in [0.25, 0.3) is 0 Å². The van der Waals surface area contributed by atoms with E-state index in [-0.39, 0.29) is 37.4 Å². The topological polar surface area (TPSA) is 107 Å². The van der Waals surface area contributed by atoms with Crippen molar-refractivity contribution in [1.82, 2.24) is 19.4 Å². The van der Waals surface area contributed by atoms with Crippen molar-refractivity contribution in [1.29, 1.82) is 0 Å². The van der Waals surface area contributed by atoms with E-state index in [0.717, 1.165) is 16.9 Å². The van der Waals surface area contributed by atoms with E-state index in [9.17, 15) is 18.8 Å². The van der Waals surface area contributed by atoms with Crippen molar-refractivity contribution < 1.29 is 28.2 Å². The number of ketones is 1. The lowest BCUT2D eigenvalue weighted by Crippen LogP contribution is -2.50. The third-order valence-electron chi connectivity index (χ3n) is 7.26. The van der Waals surface area contributed by atoms with E-state index >= 15 is 0 Å². The Morgan fingerprint density at radius 1 is 0.932 bits per heavy atom. The summed E-state index contributed by atoms with van der Waals surface area (Å²) in [6.07, 6.45) is 4.98. The van der Waals surface area contributed by atoms with E-state index < -0.39 is 11.4 Å². The van der Waals surface area contributed by atoms with E-state index in [0.29, 0.717) is 48.3 Å². The fourth-order valence-electron chi connectivity index (χ4n) is 5.07. The first-order valence-corrected chi connectivity index (χ1v) is 14.7. The summed E-state index contributed by atoms with van der Waals surface area (Å²) < 4.78 is 25.9. The number of aryl methyl sites for hydroxylation is 1. The van der Waals surface area contributed by atoms with Gasteiger partial charge in [0.1, 0.15) is 22.9 Å². The van der Waals surface area contributed by atoms with Crippen molar-refractivity contribution in [3.05, 3.63) is 78.0 Å². The molecule has 0 aliphatic carbocycles. The number of benzene rings is 1. The number of pyridine rings is 2. The third-order valence-corrected chi connectivity index (χ3v) is 7.26.